The standard InChI is InChI=1S/C5H8FNO3/c6-5(4(9)3-8)10-2-1-7/h3,5H,1-2,7H2. The van der Waals surface area contributed by atoms with Crippen LogP contribution in [0.4, 0.5) is 4.39 Å². The Hall–Kier alpha value is -0.810. The largest absolute Gasteiger partial charge is 0.341 e. The fraction of sp³-hybridized carbons (Fsp3) is 0.600. The van der Waals surface area contributed by atoms with Gasteiger partial charge in [0.1, 0.15) is 0 Å². The predicted octanol–water partition coefficient (Wildman–Crippen LogP) is -0.975. The molecule has 1 unspecified atom stereocenters. The van der Waals surface area contributed by atoms with E-state index in [0.717, 1.165) is 0 Å². The normalized spacial score (nSPS) is 12.6. The molecular weight excluding hydrogens is 141 g/mol. The van der Waals surface area contributed by atoms with Crippen molar-refractivity contribution in [1.29, 1.82) is 0 Å². The Bertz CT molecular complexity index is 128. The zero-order chi connectivity index (χ0) is 7.98. The van der Waals surface area contributed by atoms with Gasteiger partial charge in [-0.3, -0.25) is 9.59 Å². The van der Waals surface area contributed by atoms with E-state index in [1.165, 1.54) is 0 Å². The number of carbonyl (C=O) groups is 2. The zero-order valence-corrected chi connectivity index (χ0v) is 5.25. The number of hydrogen-bond donors (Lipinski definition) is 1. The highest BCUT2D eigenvalue weighted by atomic mass is 19.1. The Morgan fingerprint density at radius 1 is 1.80 bits per heavy atom. The third kappa shape index (κ3) is 3.26. The molecule has 4 nitrogen and oxygen atoms in total. The Balaban J connectivity index is 3.51. The summed E-state index contributed by atoms with van der Waals surface area (Å²) < 4.78 is 16.3. The van der Waals surface area contributed by atoms with Gasteiger partial charge in [0.15, 0.2) is 6.29 Å². The lowest BCUT2D eigenvalue weighted by atomic mass is 10.4. The van der Waals surface area contributed by atoms with Crippen LogP contribution in [0.1, 0.15) is 0 Å². The second-order valence-corrected chi connectivity index (χ2v) is 1.50. The molecule has 0 fully saturated rings. The SMILES string of the molecule is NCCOC(F)C(=O)C=O. The van der Waals surface area contributed by atoms with Crippen LogP contribution in [0.3, 0.4) is 0 Å². The first kappa shape index (κ1) is 9.19. The van der Waals surface area contributed by atoms with Crippen molar-refractivity contribution in [2.24, 2.45) is 5.73 Å². The molecule has 0 aliphatic rings. The van der Waals surface area contributed by atoms with Gasteiger partial charge < -0.3 is 10.5 Å². The fourth-order valence-electron chi connectivity index (χ4n) is 0.307. The molecule has 5 heteroatoms. The highest BCUT2D eigenvalue weighted by Gasteiger charge is 2.15. The zero-order valence-electron chi connectivity index (χ0n) is 5.25. The summed E-state index contributed by atoms with van der Waals surface area (Å²) in [6.45, 7) is 0.0489. The van der Waals surface area contributed by atoms with E-state index in [1.807, 2.05) is 0 Å². The molecule has 0 rings (SSSR count). The van der Waals surface area contributed by atoms with Gasteiger partial charge in [-0.15, -0.1) is 0 Å². The minimum Gasteiger partial charge on any atom is -0.341 e. The summed E-state index contributed by atoms with van der Waals surface area (Å²) in [6.07, 6.45) is -2.28. The van der Waals surface area contributed by atoms with Crippen LogP contribution in [0.15, 0.2) is 0 Å². The molecule has 0 aromatic heterocycles. The average molecular weight is 149 g/mol. The summed E-state index contributed by atoms with van der Waals surface area (Å²) in [5, 5.41) is 0. The number of halogens is 1. The molecule has 2 N–H and O–H groups in total. The second-order valence-electron chi connectivity index (χ2n) is 1.50. The monoisotopic (exact) mass is 149 g/mol. The summed E-state index contributed by atoms with van der Waals surface area (Å²) in [6, 6.07) is 0. The first-order chi connectivity index (χ1) is 4.72. The van der Waals surface area contributed by atoms with Gasteiger partial charge in [-0.2, -0.15) is 0 Å². The molecule has 0 saturated carbocycles. The van der Waals surface area contributed by atoms with Crippen molar-refractivity contribution in [2.45, 2.75) is 6.36 Å². The molecule has 0 aliphatic heterocycles. The lowest BCUT2D eigenvalue weighted by Crippen LogP contribution is -2.23. The van der Waals surface area contributed by atoms with Crippen molar-refractivity contribution in [3.63, 3.8) is 0 Å². The molecule has 0 aromatic carbocycles. The van der Waals surface area contributed by atoms with Gasteiger partial charge in [0.25, 0.3) is 12.1 Å². The highest BCUT2D eigenvalue weighted by molar-refractivity contribution is 6.26. The van der Waals surface area contributed by atoms with Crippen LogP contribution in [0.2, 0.25) is 0 Å². The van der Waals surface area contributed by atoms with E-state index in [1.54, 1.807) is 0 Å². The van der Waals surface area contributed by atoms with Crippen LogP contribution in [-0.4, -0.2) is 31.6 Å². The number of carbonyl (C=O) groups excluding carboxylic acids is 2. The Kier molecular flexibility index (Phi) is 4.61. The first-order valence-electron chi connectivity index (χ1n) is 2.67. The number of ketones is 1. The van der Waals surface area contributed by atoms with E-state index in [2.05, 4.69) is 4.74 Å². The maximum atomic E-state index is 12.1. The lowest BCUT2D eigenvalue weighted by Gasteiger charge is -2.02. The van der Waals surface area contributed by atoms with Gasteiger partial charge in [-0.05, 0) is 0 Å². The van der Waals surface area contributed by atoms with Crippen LogP contribution >= 0.6 is 0 Å². The van der Waals surface area contributed by atoms with Crippen molar-refractivity contribution in [3.8, 4) is 0 Å². The molecule has 0 saturated heterocycles. The molecule has 58 valence electrons. The Morgan fingerprint density at radius 3 is 2.80 bits per heavy atom. The van der Waals surface area contributed by atoms with Crippen LogP contribution in [0, 0.1) is 0 Å². The molecule has 0 heterocycles. The highest BCUT2D eigenvalue weighted by Crippen LogP contribution is 1.92. The number of alkyl halides is 1. The summed E-state index contributed by atoms with van der Waals surface area (Å²) in [5.74, 6) is -1.21. The predicted molar refractivity (Wildman–Crippen MR) is 31.0 cm³/mol. The molecule has 0 amide bonds. The first-order valence-corrected chi connectivity index (χ1v) is 2.67. The van der Waals surface area contributed by atoms with Crippen LogP contribution in [-0.2, 0) is 14.3 Å². The van der Waals surface area contributed by atoms with Crippen LogP contribution in [0.25, 0.3) is 0 Å². The van der Waals surface area contributed by atoms with E-state index >= 15 is 0 Å². The van der Waals surface area contributed by atoms with Crippen molar-refractivity contribution < 1.29 is 18.7 Å². The van der Waals surface area contributed by atoms with E-state index in [0.29, 0.717) is 0 Å². The molecule has 0 aliphatic carbocycles. The third-order valence-electron chi connectivity index (χ3n) is 0.722. The summed E-state index contributed by atoms with van der Waals surface area (Å²) in [5.41, 5.74) is 4.93. The maximum absolute atomic E-state index is 12.1. The number of aldehydes is 1. The van der Waals surface area contributed by atoms with E-state index in [-0.39, 0.29) is 19.4 Å². The van der Waals surface area contributed by atoms with Crippen LogP contribution in [0.5, 0.6) is 0 Å². The summed E-state index contributed by atoms with van der Waals surface area (Å²) in [7, 11) is 0. The molecule has 0 aromatic rings. The molecule has 0 spiro atoms. The van der Waals surface area contributed by atoms with Gasteiger partial charge >= 0.3 is 0 Å². The van der Waals surface area contributed by atoms with Gasteiger partial charge in [0, 0.05) is 6.54 Å². The van der Waals surface area contributed by atoms with E-state index in [4.69, 9.17) is 5.73 Å². The summed E-state index contributed by atoms with van der Waals surface area (Å²) in [4.78, 5) is 19.7. The number of rotatable bonds is 5. The average Bonchev–Trinajstić information content (AvgIpc) is 1.98. The quantitative estimate of drug-likeness (QED) is 0.403. The molecule has 0 radical (unpaired) electrons. The smallest absolute Gasteiger partial charge is 0.265 e. The van der Waals surface area contributed by atoms with Crippen molar-refractivity contribution in [2.75, 3.05) is 13.2 Å². The minimum atomic E-state index is -2.15. The van der Waals surface area contributed by atoms with Gasteiger partial charge in [0.2, 0.25) is 0 Å². The maximum Gasteiger partial charge on any atom is 0.265 e. The van der Waals surface area contributed by atoms with E-state index in [9.17, 15) is 14.0 Å². The van der Waals surface area contributed by atoms with Crippen LogP contribution < -0.4 is 5.73 Å². The van der Waals surface area contributed by atoms with E-state index < -0.39 is 12.1 Å². The molecule has 0 bridgehead atoms. The van der Waals surface area contributed by atoms with Gasteiger partial charge in [-0.1, -0.05) is 0 Å². The minimum absolute atomic E-state index is 0.0687. The Morgan fingerprint density at radius 2 is 2.40 bits per heavy atom. The Labute approximate surface area is 57.1 Å². The molecular formula is C5H8FNO3. The third-order valence-corrected chi connectivity index (χ3v) is 0.722. The number of ether oxygens (including phenoxy) is 1. The second kappa shape index (κ2) is 5.01. The van der Waals surface area contributed by atoms with Crippen molar-refractivity contribution in [1.82, 2.24) is 0 Å². The number of Topliss-reactive ketones (excluding diaryl/α,β-unsaturated/α-hetero) is 1. The van der Waals surface area contributed by atoms with Gasteiger partial charge in [-0.25, -0.2) is 4.39 Å². The van der Waals surface area contributed by atoms with Gasteiger partial charge in [0.05, 0.1) is 6.61 Å². The fourth-order valence-corrected chi connectivity index (χ4v) is 0.307. The topological polar surface area (TPSA) is 69.4 Å². The van der Waals surface area contributed by atoms with Crippen molar-refractivity contribution >= 4 is 12.1 Å². The molecule has 1 atom stereocenters. The number of hydrogen-bond acceptors (Lipinski definition) is 4. The summed E-state index contributed by atoms with van der Waals surface area (Å²) >= 11 is 0. The lowest BCUT2D eigenvalue weighted by molar-refractivity contribution is -0.146. The van der Waals surface area contributed by atoms with Crippen molar-refractivity contribution in [3.05, 3.63) is 0 Å². The molecule has 10 heavy (non-hydrogen) atoms. The number of nitrogens with two attached hydrogens (primary N) is 1.